The zero-order chi connectivity index (χ0) is 21.3. The van der Waals surface area contributed by atoms with Crippen molar-refractivity contribution in [2.24, 2.45) is 17.6 Å². The van der Waals surface area contributed by atoms with Crippen LogP contribution in [0.1, 0.15) is 10.4 Å². The topological polar surface area (TPSA) is 104 Å². The molecule has 2 fully saturated rings. The quantitative estimate of drug-likeness (QED) is 0.671. The monoisotopic (exact) mass is 415 g/mol. The number of carboxylic acids is 1. The fourth-order valence-corrected chi connectivity index (χ4v) is 4.19. The number of aromatic carboxylic acids is 1. The minimum atomic E-state index is -1.81. The Kier molecular flexibility index (Phi) is 3.91. The number of halogens is 3. The molecule has 7 nitrogen and oxygen atoms in total. The molecule has 5 rings (SSSR count). The molecule has 2 unspecified atom stereocenters. The summed E-state index contributed by atoms with van der Waals surface area (Å²) in [5, 5.41) is 11.0. The van der Waals surface area contributed by atoms with Gasteiger partial charge in [0.15, 0.2) is 22.7 Å². The van der Waals surface area contributed by atoms with Crippen molar-refractivity contribution in [2.45, 2.75) is 6.04 Å². The maximum Gasteiger partial charge on any atom is 0.200 e. The molecule has 2 aromatic heterocycles. The molecule has 1 saturated heterocycles. The smallest absolute Gasteiger partial charge is 0.200 e. The number of carbonyl (C=O) groups excluding carboxylic acids is 1. The molecule has 1 saturated carbocycles. The molecular weight excluding hydrogens is 401 g/mol. The van der Waals surface area contributed by atoms with Crippen molar-refractivity contribution >= 4 is 22.8 Å². The average Bonchev–Trinajstić information content (AvgIpc) is 3.10. The number of hydrogen-bond acceptors (Lipinski definition) is 6. The van der Waals surface area contributed by atoms with Crippen LogP contribution in [0.25, 0.3) is 16.7 Å². The first-order valence-electron chi connectivity index (χ1n) is 9.19. The van der Waals surface area contributed by atoms with Crippen molar-refractivity contribution in [1.29, 1.82) is 0 Å². The summed E-state index contributed by atoms with van der Waals surface area (Å²) in [6, 6.07) is 3.61. The second-order valence-electron chi connectivity index (χ2n) is 7.60. The second kappa shape index (κ2) is 6.30. The van der Waals surface area contributed by atoms with Crippen molar-refractivity contribution in [1.82, 2.24) is 9.55 Å². The summed E-state index contributed by atoms with van der Waals surface area (Å²) in [4.78, 5) is 29.9. The van der Waals surface area contributed by atoms with E-state index in [1.54, 1.807) is 4.90 Å². The van der Waals surface area contributed by atoms with Crippen molar-refractivity contribution in [3.63, 3.8) is 0 Å². The Bertz CT molecular complexity index is 1280. The normalized spacial score (nSPS) is 22.4. The highest BCUT2D eigenvalue weighted by Gasteiger charge is 2.54. The van der Waals surface area contributed by atoms with Gasteiger partial charge in [-0.15, -0.1) is 0 Å². The summed E-state index contributed by atoms with van der Waals surface area (Å²) in [6.45, 7) is 0.987. The number of carboxylic acid groups (broad SMARTS) is 1. The molecule has 2 atom stereocenters. The second-order valence-corrected chi connectivity index (χ2v) is 7.60. The zero-order valence-corrected chi connectivity index (χ0v) is 15.3. The Morgan fingerprint density at radius 3 is 2.47 bits per heavy atom. The van der Waals surface area contributed by atoms with E-state index in [0.29, 0.717) is 19.2 Å². The minimum absolute atomic E-state index is 0.0428. The van der Waals surface area contributed by atoms with E-state index >= 15 is 0 Å². The van der Waals surface area contributed by atoms with Crippen LogP contribution in [-0.4, -0.2) is 34.7 Å². The first-order chi connectivity index (χ1) is 14.3. The highest BCUT2D eigenvalue weighted by molar-refractivity contribution is 5.91. The van der Waals surface area contributed by atoms with E-state index in [1.807, 2.05) is 0 Å². The average molecular weight is 415 g/mol. The SMILES string of the molecule is NC1C2CN(c3nc4c(cc3F)c(=O)c(C(=O)[O-])cn4-c3ccc(F)cc3F)CC12. The molecule has 2 aliphatic rings. The first kappa shape index (κ1) is 18.6. The number of anilines is 1. The van der Waals surface area contributed by atoms with E-state index in [1.165, 1.54) is 0 Å². The molecule has 0 radical (unpaired) electrons. The Morgan fingerprint density at radius 2 is 1.83 bits per heavy atom. The number of fused-ring (bicyclic) bond motifs is 2. The maximum absolute atomic E-state index is 14.8. The molecule has 0 amide bonds. The highest BCUT2D eigenvalue weighted by atomic mass is 19.1. The fraction of sp³-hybridized carbons (Fsp3) is 0.250. The van der Waals surface area contributed by atoms with Gasteiger partial charge in [0.05, 0.1) is 22.6 Å². The van der Waals surface area contributed by atoms with Crippen molar-refractivity contribution in [3.05, 3.63) is 63.7 Å². The van der Waals surface area contributed by atoms with E-state index in [4.69, 9.17) is 5.73 Å². The Morgan fingerprint density at radius 1 is 1.13 bits per heavy atom. The van der Waals surface area contributed by atoms with Gasteiger partial charge < -0.3 is 20.5 Å². The third kappa shape index (κ3) is 2.67. The molecule has 1 aromatic carbocycles. The number of piperidine rings is 1. The number of nitrogens with zero attached hydrogens (tertiary/aromatic N) is 3. The summed E-state index contributed by atoms with van der Waals surface area (Å²) < 4.78 is 43.6. The predicted molar refractivity (Wildman–Crippen MR) is 98.7 cm³/mol. The van der Waals surface area contributed by atoms with Crippen LogP contribution < -0.4 is 21.2 Å². The number of nitrogens with two attached hydrogens (primary N) is 1. The Hall–Kier alpha value is -3.40. The molecule has 3 aromatic rings. The van der Waals surface area contributed by atoms with E-state index in [-0.39, 0.29) is 40.4 Å². The van der Waals surface area contributed by atoms with Crippen LogP contribution in [0, 0.1) is 29.3 Å². The van der Waals surface area contributed by atoms with Gasteiger partial charge in [0.1, 0.15) is 11.6 Å². The van der Waals surface area contributed by atoms with E-state index in [0.717, 1.165) is 29.0 Å². The van der Waals surface area contributed by atoms with Crippen LogP contribution in [0.4, 0.5) is 19.0 Å². The molecule has 3 heterocycles. The molecule has 30 heavy (non-hydrogen) atoms. The van der Waals surface area contributed by atoms with Gasteiger partial charge in [0.2, 0.25) is 0 Å². The van der Waals surface area contributed by atoms with Crippen LogP contribution in [0.5, 0.6) is 0 Å². The van der Waals surface area contributed by atoms with E-state index in [2.05, 4.69) is 4.98 Å². The summed E-state index contributed by atoms with van der Waals surface area (Å²) in [5.41, 5.74) is 3.70. The highest BCUT2D eigenvalue weighted by Crippen LogP contribution is 2.45. The third-order valence-electron chi connectivity index (χ3n) is 5.86. The van der Waals surface area contributed by atoms with E-state index < -0.39 is 34.4 Å². The van der Waals surface area contributed by atoms with Crippen LogP contribution in [-0.2, 0) is 0 Å². The lowest BCUT2D eigenvalue weighted by Gasteiger charge is -2.22. The van der Waals surface area contributed by atoms with Crippen molar-refractivity contribution < 1.29 is 23.1 Å². The van der Waals surface area contributed by atoms with Gasteiger partial charge >= 0.3 is 0 Å². The molecular formula is C20H14F3N4O3-. The van der Waals surface area contributed by atoms with E-state index in [9.17, 15) is 27.9 Å². The van der Waals surface area contributed by atoms with Gasteiger partial charge in [-0.05, 0) is 30.0 Å². The Balaban J connectivity index is 1.76. The lowest BCUT2D eigenvalue weighted by Crippen LogP contribution is -2.32. The molecule has 1 aliphatic carbocycles. The summed E-state index contributed by atoms with van der Waals surface area (Å²) in [6.07, 6.45) is 0.850. The maximum atomic E-state index is 14.8. The lowest BCUT2D eigenvalue weighted by atomic mass is 10.1. The molecule has 2 N–H and O–H groups in total. The number of aromatic nitrogens is 2. The van der Waals surface area contributed by atoms with Crippen molar-refractivity contribution in [3.8, 4) is 5.69 Å². The first-order valence-corrected chi connectivity index (χ1v) is 9.19. The molecule has 154 valence electrons. The zero-order valence-electron chi connectivity index (χ0n) is 15.3. The Labute approximate surface area is 167 Å². The number of rotatable bonds is 3. The number of benzene rings is 1. The fourth-order valence-electron chi connectivity index (χ4n) is 4.19. The van der Waals surface area contributed by atoms with Gasteiger partial charge in [0, 0.05) is 31.4 Å². The van der Waals surface area contributed by atoms with Gasteiger partial charge in [-0.2, -0.15) is 0 Å². The van der Waals surface area contributed by atoms with Gasteiger partial charge in [-0.3, -0.25) is 9.36 Å². The van der Waals surface area contributed by atoms with Crippen LogP contribution in [0.3, 0.4) is 0 Å². The number of carbonyl (C=O) groups is 1. The standard InChI is InChI=1S/C20H15F3N4O3/c21-8-1-2-15(13(22)3-8)27-7-12(20(29)30)17(28)9-4-14(23)19(25-18(9)27)26-5-10-11(6-26)16(10)24/h1-4,7,10-11,16H,5-6,24H2,(H,29,30)/p-1. The predicted octanol–water partition coefficient (Wildman–Crippen LogP) is 0.560. The van der Waals surface area contributed by atoms with Gasteiger partial charge in [-0.25, -0.2) is 18.2 Å². The van der Waals surface area contributed by atoms with Crippen LogP contribution in [0.15, 0.2) is 35.3 Å². The number of hydrogen-bond donors (Lipinski definition) is 1. The minimum Gasteiger partial charge on any atom is -0.545 e. The molecule has 0 bridgehead atoms. The van der Waals surface area contributed by atoms with Crippen LogP contribution in [0.2, 0.25) is 0 Å². The van der Waals surface area contributed by atoms with Crippen LogP contribution >= 0.6 is 0 Å². The van der Waals surface area contributed by atoms with Gasteiger partial charge in [0.25, 0.3) is 0 Å². The number of pyridine rings is 2. The summed E-state index contributed by atoms with van der Waals surface area (Å²) in [7, 11) is 0. The largest absolute Gasteiger partial charge is 0.545 e. The van der Waals surface area contributed by atoms with Gasteiger partial charge in [-0.1, -0.05) is 0 Å². The lowest BCUT2D eigenvalue weighted by molar-refractivity contribution is -0.255. The third-order valence-corrected chi connectivity index (χ3v) is 5.86. The summed E-state index contributed by atoms with van der Waals surface area (Å²) in [5.74, 6) is -4.04. The molecule has 10 heteroatoms. The molecule has 0 spiro atoms. The summed E-state index contributed by atoms with van der Waals surface area (Å²) >= 11 is 0. The molecule has 1 aliphatic heterocycles. The van der Waals surface area contributed by atoms with Crippen molar-refractivity contribution in [2.75, 3.05) is 18.0 Å².